The van der Waals surface area contributed by atoms with Crippen LogP contribution in [0.25, 0.3) is 0 Å². The highest BCUT2D eigenvalue weighted by atomic mass is 32.2. The molecule has 0 spiro atoms. The number of hydrogen-bond acceptors (Lipinski definition) is 2. The maximum atomic E-state index is 12.2. The van der Waals surface area contributed by atoms with Gasteiger partial charge in [0.2, 0.25) is 0 Å². The summed E-state index contributed by atoms with van der Waals surface area (Å²) in [6.45, 7) is 6.49. The fourth-order valence-electron chi connectivity index (χ4n) is 4.05. The average Bonchev–Trinajstić information content (AvgIpc) is 2.45. The summed E-state index contributed by atoms with van der Waals surface area (Å²) < 4.78 is 35.6. The third kappa shape index (κ3) is 3.21. The Hall–Kier alpha value is -0.910. The number of nitrogens with zero attached hydrogens (tertiary/aromatic N) is 1. The molecule has 0 bridgehead atoms. The molecule has 1 unspecified atom stereocenters. The molecule has 2 rings (SSSR count). The van der Waals surface area contributed by atoms with Crippen LogP contribution in [0.5, 0.6) is 0 Å². The fraction of sp³-hybridized carbons (Fsp3) is 0.647. The van der Waals surface area contributed by atoms with Crippen LogP contribution in [-0.2, 0) is 16.8 Å². The lowest BCUT2D eigenvalue weighted by Gasteiger charge is -2.54. The molecule has 5 heteroatoms. The van der Waals surface area contributed by atoms with Crippen molar-refractivity contribution in [2.75, 3.05) is 0 Å². The number of hydrogen-bond donors (Lipinski definition) is 1. The molecule has 1 aliphatic carbocycles. The van der Waals surface area contributed by atoms with Crippen LogP contribution in [0, 0.1) is 5.41 Å². The Morgan fingerprint density at radius 2 is 1.73 bits per heavy atom. The second-order valence-electron chi connectivity index (χ2n) is 6.95. The Labute approximate surface area is 134 Å². The van der Waals surface area contributed by atoms with Gasteiger partial charge in [0.05, 0.1) is 0 Å². The van der Waals surface area contributed by atoms with E-state index in [0.717, 1.165) is 31.2 Å². The van der Waals surface area contributed by atoms with Gasteiger partial charge in [-0.25, -0.2) is 0 Å². The van der Waals surface area contributed by atoms with Gasteiger partial charge < -0.3 is 0 Å². The second-order valence-corrected chi connectivity index (χ2v) is 8.28. The summed E-state index contributed by atoms with van der Waals surface area (Å²) in [7, 11) is -4.27. The molecule has 1 saturated carbocycles. The minimum atomic E-state index is -4.27. The zero-order valence-corrected chi connectivity index (χ0v) is 14.6. The second kappa shape index (κ2) is 6.30. The normalized spacial score (nSPS) is 25.3. The van der Waals surface area contributed by atoms with E-state index in [9.17, 15) is 13.0 Å². The molecule has 0 saturated heterocycles. The van der Waals surface area contributed by atoms with Gasteiger partial charge >= 0.3 is 10.3 Å². The number of rotatable bonds is 5. The molecular formula is C17H27NO3S. The molecule has 1 fully saturated rings. The van der Waals surface area contributed by atoms with Gasteiger partial charge in [-0.1, -0.05) is 63.9 Å². The smallest absolute Gasteiger partial charge is 0.273 e. The van der Waals surface area contributed by atoms with Crippen molar-refractivity contribution in [3.63, 3.8) is 0 Å². The topological polar surface area (TPSA) is 57.6 Å². The highest BCUT2D eigenvalue weighted by molar-refractivity contribution is 7.83. The highest BCUT2D eigenvalue weighted by Gasteiger charge is 2.52. The predicted molar refractivity (Wildman–Crippen MR) is 88.8 cm³/mol. The Bertz CT molecular complexity index is 598. The Kier molecular flexibility index (Phi) is 5.00. The van der Waals surface area contributed by atoms with Gasteiger partial charge in [0.1, 0.15) is 0 Å². The van der Waals surface area contributed by atoms with E-state index in [1.165, 1.54) is 4.31 Å². The quantitative estimate of drug-likeness (QED) is 0.831. The van der Waals surface area contributed by atoms with Crippen molar-refractivity contribution in [3.8, 4) is 0 Å². The Morgan fingerprint density at radius 3 is 2.23 bits per heavy atom. The summed E-state index contributed by atoms with van der Waals surface area (Å²) >= 11 is 0. The van der Waals surface area contributed by atoms with Crippen LogP contribution in [0.15, 0.2) is 30.3 Å². The van der Waals surface area contributed by atoms with Gasteiger partial charge in [-0.15, -0.1) is 0 Å². The minimum absolute atomic E-state index is 0.162. The maximum absolute atomic E-state index is 12.2. The zero-order valence-electron chi connectivity index (χ0n) is 13.7. The first kappa shape index (κ1) is 17.4. The van der Waals surface area contributed by atoms with Crippen LogP contribution in [0.2, 0.25) is 0 Å². The van der Waals surface area contributed by atoms with Crippen LogP contribution < -0.4 is 0 Å². The summed E-state index contributed by atoms with van der Waals surface area (Å²) in [5.74, 6) is 0. The van der Waals surface area contributed by atoms with Crippen molar-refractivity contribution < 1.29 is 13.0 Å². The number of benzene rings is 1. The van der Waals surface area contributed by atoms with Crippen molar-refractivity contribution in [2.45, 2.75) is 65.0 Å². The molecule has 4 nitrogen and oxygen atoms in total. The average molecular weight is 325 g/mol. The van der Waals surface area contributed by atoms with E-state index in [4.69, 9.17) is 0 Å². The zero-order chi connectivity index (χ0) is 16.4. The van der Waals surface area contributed by atoms with E-state index in [0.29, 0.717) is 6.42 Å². The Morgan fingerprint density at radius 1 is 1.14 bits per heavy atom. The molecule has 0 heterocycles. The lowest BCUT2D eigenvalue weighted by Crippen LogP contribution is -2.60. The molecule has 0 radical (unpaired) electrons. The molecule has 1 aromatic rings. The van der Waals surface area contributed by atoms with Crippen LogP contribution in [0.3, 0.4) is 0 Å². The molecule has 0 amide bonds. The molecule has 0 aliphatic heterocycles. The lowest BCUT2D eigenvalue weighted by atomic mass is 9.62. The van der Waals surface area contributed by atoms with Gasteiger partial charge in [0.25, 0.3) is 0 Å². The van der Waals surface area contributed by atoms with E-state index in [1.54, 1.807) is 0 Å². The van der Waals surface area contributed by atoms with E-state index in [1.807, 2.05) is 37.3 Å². The monoisotopic (exact) mass is 325 g/mol. The van der Waals surface area contributed by atoms with Crippen molar-refractivity contribution in [3.05, 3.63) is 35.9 Å². The van der Waals surface area contributed by atoms with E-state index >= 15 is 0 Å². The minimum Gasteiger partial charge on any atom is -0.273 e. The SMILES string of the molecule is CCC1(N(Cc2ccccc2)S(=O)(=O)O)CCCCC1(C)C. The first-order valence-corrected chi connectivity index (χ1v) is 9.42. The molecule has 1 aromatic carbocycles. The molecule has 1 aliphatic rings. The van der Waals surface area contributed by atoms with Crippen molar-refractivity contribution in [1.29, 1.82) is 0 Å². The predicted octanol–water partition coefficient (Wildman–Crippen LogP) is 4.04. The molecule has 1 atom stereocenters. The summed E-state index contributed by atoms with van der Waals surface area (Å²) in [4.78, 5) is 0. The highest BCUT2D eigenvalue weighted by Crippen LogP contribution is 2.50. The summed E-state index contributed by atoms with van der Waals surface area (Å²) in [5, 5.41) is 0. The fourth-order valence-corrected chi connectivity index (χ4v) is 5.27. The third-order valence-electron chi connectivity index (χ3n) is 5.41. The lowest BCUT2D eigenvalue weighted by molar-refractivity contribution is -0.0130. The molecular weight excluding hydrogens is 298 g/mol. The summed E-state index contributed by atoms with van der Waals surface area (Å²) in [5.41, 5.74) is 0.202. The van der Waals surface area contributed by atoms with Gasteiger partial charge in [-0.3, -0.25) is 4.55 Å². The van der Waals surface area contributed by atoms with Crippen molar-refractivity contribution >= 4 is 10.3 Å². The third-order valence-corrected chi connectivity index (χ3v) is 6.45. The molecule has 0 aromatic heterocycles. The maximum Gasteiger partial charge on any atom is 0.336 e. The van der Waals surface area contributed by atoms with Crippen LogP contribution >= 0.6 is 0 Å². The summed E-state index contributed by atoms with van der Waals surface area (Å²) in [6.07, 6.45) is 4.58. The molecule has 22 heavy (non-hydrogen) atoms. The van der Waals surface area contributed by atoms with E-state index in [2.05, 4.69) is 13.8 Å². The molecule has 124 valence electrons. The van der Waals surface area contributed by atoms with Crippen LogP contribution in [-0.4, -0.2) is 22.8 Å². The first-order valence-electron chi connectivity index (χ1n) is 8.02. The van der Waals surface area contributed by atoms with Gasteiger partial charge in [-0.2, -0.15) is 12.7 Å². The van der Waals surface area contributed by atoms with E-state index < -0.39 is 15.8 Å². The van der Waals surface area contributed by atoms with Gasteiger partial charge in [0.15, 0.2) is 0 Å². The largest absolute Gasteiger partial charge is 0.336 e. The standard InChI is InChI=1S/C17H27NO3S/c1-4-17(13-9-8-12-16(17,2)3)18(22(19,20)21)14-15-10-6-5-7-11-15/h5-7,10-11H,4,8-9,12-14H2,1-3H3,(H,19,20,21). The van der Waals surface area contributed by atoms with Gasteiger partial charge in [0, 0.05) is 12.1 Å². The van der Waals surface area contributed by atoms with E-state index in [-0.39, 0.29) is 12.0 Å². The van der Waals surface area contributed by atoms with Crippen molar-refractivity contribution in [2.24, 2.45) is 5.41 Å². The van der Waals surface area contributed by atoms with Crippen LogP contribution in [0.1, 0.15) is 58.4 Å². The van der Waals surface area contributed by atoms with Gasteiger partial charge in [-0.05, 0) is 30.2 Å². The van der Waals surface area contributed by atoms with Crippen LogP contribution in [0.4, 0.5) is 0 Å². The Balaban J connectivity index is 2.47. The molecule has 1 N–H and O–H groups in total. The summed E-state index contributed by atoms with van der Waals surface area (Å²) in [6, 6.07) is 9.49. The first-order chi connectivity index (χ1) is 10.2. The van der Waals surface area contributed by atoms with Crippen molar-refractivity contribution in [1.82, 2.24) is 4.31 Å².